The van der Waals surface area contributed by atoms with E-state index in [9.17, 15) is 13.5 Å². The highest BCUT2D eigenvalue weighted by Crippen LogP contribution is 2.39. The maximum atomic E-state index is 13.2. The zero-order chi connectivity index (χ0) is 25.6. The first-order chi connectivity index (χ1) is 16.8. The van der Waals surface area contributed by atoms with Gasteiger partial charge in [-0.2, -0.15) is 0 Å². The van der Waals surface area contributed by atoms with E-state index in [0.29, 0.717) is 34.1 Å². The molecule has 0 aliphatic rings. The van der Waals surface area contributed by atoms with Crippen molar-refractivity contribution >= 4 is 22.0 Å². The van der Waals surface area contributed by atoms with Gasteiger partial charge in [-0.05, 0) is 47.5 Å². The molecule has 0 saturated carbocycles. The number of sulfone groups is 1. The molecule has 35 heavy (non-hydrogen) atoms. The summed E-state index contributed by atoms with van der Waals surface area (Å²) in [5, 5.41) is 10.3. The van der Waals surface area contributed by atoms with E-state index in [2.05, 4.69) is 0 Å². The minimum absolute atomic E-state index is 0.0866. The van der Waals surface area contributed by atoms with Crippen LogP contribution in [-0.2, 0) is 15.6 Å². The van der Waals surface area contributed by atoms with Crippen molar-refractivity contribution in [2.75, 3.05) is 35.5 Å². The number of benzene rings is 3. The first kappa shape index (κ1) is 25.8. The molecule has 9 heteroatoms. The smallest absolute Gasteiger partial charge is 0.203 e. The van der Waals surface area contributed by atoms with Crippen LogP contribution in [0, 0.1) is 0 Å². The van der Waals surface area contributed by atoms with Crippen LogP contribution in [0.15, 0.2) is 53.4 Å². The minimum Gasteiger partial charge on any atom is -0.504 e. The lowest BCUT2D eigenvalue weighted by molar-refractivity contribution is 0.324. The number of ether oxygens (including phenoxy) is 5. The first-order valence-corrected chi connectivity index (χ1v) is 12.2. The van der Waals surface area contributed by atoms with Gasteiger partial charge in [0.15, 0.2) is 32.8 Å². The zero-order valence-electron chi connectivity index (χ0n) is 20.2. The van der Waals surface area contributed by atoms with Crippen molar-refractivity contribution in [1.29, 1.82) is 0 Å². The Morgan fingerprint density at radius 2 is 1.43 bits per heavy atom. The highest BCUT2D eigenvalue weighted by molar-refractivity contribution is 7.90. The standard InChI is InChI=1S/C26H28O8S/c1-30-19-7-6-8-20(15-19)35(28,29)16-21-18(11-12-22(27)25(21)33-4)10-9-17-13-23(31-2)26(34-5)24(14-17)32-3/h6-15,27H,16H2,1-5H3/b10-9-. The van der Waals surface area contributed by atoms with Crippen LogP contribution in [0.2, 0.25) is 0 Å². The normalized spacial score (nSPS) is 11.3. The molecule has 3 aromatic rings. The quantitative estimate of drug-likeness (QED) is 0.404. The number of rotatable bonds is 10. The summed E-state index contributed by atoms with van der Waals surface area (Å²) < 4.78 is 53.2. The highest BCUT2D eigenvalue weighted by atomic mass is 32.2. The first-order valence-electron chi connectivity index (χ1n) is 10.5. The molecule has 1 N–H and O–H groups in total. The molecular formula is C26H28O8S. The van der Waals surface area contributed by atoms with Gasteiger partial charge in [0, 0.05) is 5.56 Å². The molecule has 0 bridgehead atoms. The van der Waals surface area contributed by atoms with Gasteiger partial charge in [0.1, 0.15) is 5.75 Å². The molecule has 0 aliphatic carbocycles. The topological polar surface area (TPSA) is 101 Å². The van der Waals surface area contributed by atoms with E-state index in [0.717, 1.165) is 5.56 Å². The molecule has 0 fully saturated rings. The molecule has 0 radical (unpaired) electrons. The summed E-state index contributed by atoms with van der Waals surface area (Å²) in [5.41, 5.74) is 1.60. The minimum atomic E-state index is -3.79. The molecule has 3 rings (SSSR count). The van der Waals surface area contributed by atoms with E-state index in [1.807, 2.05) is 0 Å². The number of methoxy groups -OCH3 is 5. The lowest BCUT2D eigenvalue weighted by Crippen LogP contribution is -2.08. The molecule has 0 heterocycles. The van der Waals surface area contributed by atoms with Gasteiger partial charge < -0.3 is 28.8 Å². The molecule has 0 atom stereocenters. The van der Waals surface area contributed by atoms with Crippen molar-refractivity contribution in [2.24, 2.45) is 0 Å². The van der Waals surface area contributed by atoms with E-state index in [1.54, 1.807) is 42.5 Å². The molecule has 186 valence electrons. The monoisotopic (exact) mass is 500 g/mol. The summed E-state index contributed by atoms with van der Waals surface area (Å²) in [5.74, 6) is 1.38. The average molecular weight is 501 g/mol. The number of hydrogen-bond acceptors (Lipinski definition) is 8. The third-order valence-corrected chi connectivity index (χ3v) is 7.00. The Morgan fingerprint density at radius 1 is 0.771 bits per heavy atom. The van der Waals surface area contributed by atoms with Crippen LogP contribution in [0.3, 0.4) is 0 Å². The Labute approximate surface area is 205 Å². The van der Waals surface area contributed by atoms with Crippen molar-refractivity contribution in [3.63, 3.8) is 0 Å². The van der Waals surface area contributed by atoms with E-state index < -0.39 is 15.6 Å². The fraction of sp³-hybridized carbons (Fsp3) is 0.231. The predicted molar refractivity (Wildman–Crippen MR) is 134 cm³/mol. The fourth-order valence-corrected chi connectivity index (χ4v) is 5.04. The van der Waals surface area contributed by atoms with Gasteiger partial charge in [-0.3, -0.25) is 0 Å². The third kappa shape index (κ3) is 5.63. The maximum absolute atomic E-state index is 13.2. The summed E-state index contributed by atoms with van der Waals surface area (Å²) in [4.78, 5) is 0.0989. The fourth-order valence-electron chi connectivity index (χ4n) is 3.62. The molecule has 0 saturated heterocycles. The van der Waals surface area contributed by atoms with Crippen LogP contribution >= 0.6 is 0 Å². The van der Waals surface area contributed by atoms with Gasteiger partial charge in [0.05, 0.1) is 46.2 Å². The summed E-state index contributed by atoms with van der Waals surface area (Å²) in [6, 6.07) is 12.8. The van der Waals surface area contributed by atoms with Crippen LogP contribution in [0.1, 0.15) is 16.7 Å². The van der Waals surface area contributed by atoms with Crippen molar-refractivity contribution in [3.05, 3.63) is 65.2 Å². The molecule has 0 spiro atoms. The van der Waals surface area contributed by atoms with Gasteiger partial charge in [0.25, 0.3) is 0 Å². The molecule has 8 nitrogen and oxygen atoms in total. The zero-order valence-corrected chi connectivity index (χ0v) is 21.0. The van der Waals surface area contributed by atoms with E-state index in [4.69, 9.17) is 23.7 Å². The van der Waals surface area contributed by atoms with Crippen LogP contribution in [-0.4, -0.2) is 49.1 Å². The Hall–Kier alpha value is -3.85. The number of aromatic hydroxyl groups is 1. The van der Waals surface area contributed by atoms with E-state index in [1.165, 1.54) is 53.7 Å². The second kappa shape index (κ2) is 11.1. The predicted octanol–water partition coefficient (Wildman–Crippen LogP) is 4.58. The summed E-state index contributed by atoms with van der Waals surface area (Å²) in [6.07, 6.45) is 3.51. The van der Waals surface area contributed by atoms with Crippen LogP contribution in [0.4, 0.5) is 0 Å². The lowest BCUT2D eigenvalue weighted by Gasteiger charge is -2.15. The van der Waals surface area contributed by atoms with Gasteiger partial charge >= 0.3 is 0 Å². The van der Waals surface area contributed by atoms with Crippen molar-refractivity contribution in [2.45, 2.75) is 10.6 Å². The van der Waals surface area contributed by atoms with Gasteiger partial charge in [-0.1, -0.05) is 24.3 Å². The number of phenolic OH excluding ortho intramolecular Hbond substituents is 1. The second-order valence-corrected chi connectivity index (χ2v) is 9.41. The largest absolute Gasteiger partial charge is 0.504 e. The second-order valence-electron chi connectivity index (χ2n) is 7.42. The summed E-state index contributed by atoms with van der Waals surface area (Å²) in [6.45, 7) is 0. The highest BCUT2D eigenvalue weighted by Gasteiger charge is 2.22. The van der Waals surface area contributed by atoms with E-state index >= 15 is 0 Å². The van der Waals surface area contributed by atoms with Crippen LogP contribution in [0.25, 0.3) is 12.2 Å². The average Bonchev–Trinajstić information content (AvgIpc) is 2.87. The van der Waals surface area contributed by atoms with Crippen molar-refractivity contribution < 1.29 is 37.2 Å². The molecule has 0 aromatic heterocycles. The molecular weight excluding hydrogens is 472 g/mol. The Kier molecular flexibility index (Phi) is 8.14. The lowest BCUT2D eigenvalue weighted by atomic mass is 10.0. The molecule has 3 aromatic carbocycles. The van der Waals surface area contributed by atoms with E-state index in [-0.39, 0.29) is 16.4 Å². The van der Waals surface area contributed by atoms with Crippen molar-refractivity contribution in [1.82, 2.24) is 0 Å². The number of phenols is 1. The SMILES string of the molecule is COc1cccc(S(=O)(=O)Cc2c(/C=C\c3cc(OC)c(OC)c(OC)c3)ccc(O)c2OC)c1. The summed E-state index contributed by atoms with van der Waals surface area (Å²) in [7, 11) is 3.63. The van der Waals surface area contributed by atoms with Crippen molar-refractivity contribution in [3.8, 4) is 34.5 Å². The molecule has 0 unspecified atom stereocenters. The Bertz CT molecular complexity index is 1300. The molecule has 0 aliphatic heterocycles. The molecule has 0 amide bonds. The number of hydrogen-bond donors (Lipinski definition) is 1. The van der Waals surface area contributed by atoms with Crippen LogP contribution in [0.5, 0.6) is 34.5 Å². The van der Waals surface area contributed by atoms with Gasteiger partial charge in [0.2, 0.25) is 5.75 Å². The van der Waals surface area contributed by atoms with Crippen LogP contribution < -0.4 is 23.7 Å². The van der Waals surface area contributed by atoms with Gasteiger partial charge in [-0.25, -0.2) is 8.42 Å². The van der Waals surface area contributed by atoms with Gasteiger partial charge in [-0.15, -0.1) is 0 Å². The summed E-state index contributed by atoms with van der Waals surface area (Å²) >= 11 is 0. The third-order valence-electron chi connectivity index (χ3n) is 5.36. The Balaban J connectivity index is 2.07. The Morgan fingerprint density at radius 3 is 2.00 bits per heavy atom. The maximum Gasteiger partial charge on any atom is 0.203 e.